The largest absolute Gasteiger partial charge is 0.411 e. The first-order chi connectivity index (χ1) is 7.29. The Morgan fingerprint density at radius 1 is 1.62 bits per heavy atom. The van der Waals surface area contributed by atoms with Gasteiger partial charge in [-0.1, -0.05) is 0 Å². The highest BCUT2D eigenvalue weighted by molar-refractivity contribution is 5.85. The minimum absolute atomic E-state index is 0.189. The lowest BCUT2D eigenvalue weighted by molar-refractivity contribution is -0.185. The maximum atomic E-state index is 11.9. The van der Waals surface area contributed by atoms with E-state index in [9.17, 15) is 18.0 Å². The van der Waals surface area contributed by atoms with Crippen LogP contribution in [0, 0.1) is 0 Å². The van der Waals surface area contributed by atoms with Gasteiger partial charge in [-0.2, -0.15) is 13.2 Å². The van der Waals surface area contributed by atoms with Gasteiger partial charge in [-0.15, -0.1) is 0 Å². The topological polar surface area (TPSA) is 64.3 Å². The number of halogens is 3. The first-order valence-corrected chi connectivity index (χ1v) is 4.96. The number of nitrogens with two attached hydrogens (primary N) is 1. The summed E-state index contributed by atoms with van der Waals surface area (Å²) in [6.45, 7) is -1.28. The van der Waals surface area contributed by atoms with Crippen molar-refractivity contribution in [2.75, 3.05) is 13.7 Å². The molecule has 2 atom stereocenters. The van der Waals surface area contributed by atoms with Crippen LogP contribution in [0.25, 0.3) is 0 Å². The molecule has 0 heterocycles. The van der Waals surface area contributed by atoms with Gasteiger partial charge in [-0.25, -0.2) is 0 Å². The smallest absolute Gasteiger partial charge is 0.369 e. The third-order valence-corrected chi connectivity index (χ3v) is 2.90. The van der Waals surface area contributed by atoms with Gasteiger partial charge in [0, 0.05) is 6.42 Å². The highest BCUT2D eigenvalue weighted by Crippen LogP contribution is 2.32. The molecule has 4 nitrogen and oxygen atoms in total. The molecule has 0 bridgehead atoms. The van der Waals surface area contributed by atoms with E-state index < -0.39 is 30.3 Å². The molecular formula is C9H15F3N2O2. The number of carbonyl (C=O) groups is 1. The average molecular weight is 240 g/mol. The van der Waals surface area contributed by atoms with Crippen molar-refractivity contribution < 1.29 is 22.7 Å². The molecule has 0 aromatic heterocycles. The molecule has 3 N–H and O–H groups in total. The van der Waals surface area contributed by atoms with Gasteiger partial charge in [0.25, 0.3) is 0 Å². The summed E-state index contributed by atoms with van der Waals surface area (Å²) in [5, 5.41) is 2.77. The average Bonchev–Trinajstić information content (AvgIpc) is 2.58. The number of hydrogen-bond donors (Lipinski definition) is 2. The summed E-state index contributed by atoms with van der Waals surface area (Å²) in [6.07, 6.45) is -3.91. The summed E-state index contributed by atoms with van der Waals surface area (Å²) in [4.78, 5) is 11.2. The molecule has 16 heavy (non-hydrogen) atoms. The summed E-state index contributed by atoms with van der Waals surface area (Å²) >= 11 is 0. The molecule has 0 saturated heterocycles. The van der Waals surface area contributed by atoms with Gasteiger partial charge in [0.05, 0.1) is 11.6 Å². The summed E-state index contributed by atoms with van der Waals surface area (Å²) in [5.74, 6) is -0.548. The van der Waals surface area contributed by atoms with Crippen LogP contribution in [0.15, 0.2) is 0 Å². The first-order valence-electron chi connectivity index (χ1n) is 4.96. The minimum atomic E-state index is -4.34. The fourth-order valence-electron chi connectivity index (χ4n) is 1.93. The molecule has 7 heteroatoms. The third kappa shape index (κ3) is 3.08. The number of rotatable bonds is 4. The van der Waals surface area contributed by atoms with Crippen molar-refractivity contribution in [3.05, 3.63) is 0 Å². The summed E-state index contributed by atoms with van der Waals surface area (Å²) in [5.41, 5.74) is 4.29. The number of primary amides is 1. The zero-order chi connectivity index (χ0) is 12.4. The molecule has 1 aliphatic carbocycles. The second kappa shape index (κ2) is 4.58. The van der Waals surface area contributed by atoms with Crippen molar-refractivity contribution >= 4 is 5.91 Å². The monoisotopic (exact) mass is 240 g/mol. The minimum Gasteiger partial charge on any atom is -0.369 e. The molecule has 1 rings (SSSR count). The van der Waals surface area contributed by atoms with Gasteiger partial charge in [0.2, 0.25) is 5.91 Å². The number of amides is 1. The van der Waals surface area contributed by atoms with E-state index in [1.54, 1.807) is 7.05 Å². The molecule has 1 amide bonds. The van der Waals surface area contributed by atoms with Crippen LogP contribution in [0.4, 0.5) is 13.2 Å². The van der Waals surface area contributed by atoms with Crippen LogP contribution in [0.3, 0.4) is 0 Å². The van der Waals surface area contributed by atoms with Crippen LogP contribution >= 0.6 is 0 Å². The van der Waals surface area contributed by atoms with Crippen LogP contribution in [0.5, 0.6) is 0 Å². The van der Waals surface area contributed by atoms with Crippen LogP contribution in [0.2, 0.25) is 0 Å². The molecule has 94 valence electrons. The van der Waals surface area contributed by atoms with Crippen molar-refractivity contribution in [3.63, 3.8) is 0 Å². The highest BCUT2D eigenvalue weighted by atomic mass is 19.4. The molecule has 0 aliphatic heterocycles. The van der Waals surface area contributed by atoms with Crippen LogP contribution in [-0.4, -0.2) is 37.4 Å². The van der Waals surface area contributed by atoms with Gasteiger partial charge in [-0.05, 0) is 19.9 Å². The number of ether oxygens (including phenoxy) is 1. The van der Waals surface area contributed by atoms with Crippen molar-refractivity contribution in [2.24, 2.45) is 5.73 Å². The van der Waals surface area contributed by atoms with E-state index in [0.717, 1.165) is 0 Å². The van der Waals surface area contributed by atoms with Crippen molar-refractivity contribution in [1.29, 1.82) is 0 Å². The Hall–Kier alpha value is -0.820. The van der Waals surface area contributed by atoms with Crippen LogP contribution in [0.1, 0.15) is 19.3 Å². The van der Waals surface area contributed by atoms with Gasteiger partial charge in [0.15, 0.2) is 0 Å². The molecule has 0 spiro atoms. The van der Waals surface area contributed by atoms with E-state index in [-0.39, 0.29) is 6.42 Å². The van der Waals surface area contributed by atoms with Crippen molar-refractivity contribution in [3.8, 4) is 0 Å². The Kier molecular flexibility index (Phi) is 3.80. The Balaban J connectivity index is 2.49. The molecule has 1 fully saturated rings. The fourth-order valence-corrected chi connectivity index (χ4v) is 1.93. The second-order valence-corrected chi connectivity index (χ2v) is 3.99. The molecule has 0 aromatic carbocycles. The highest BCUT2D eigenvalue weighted by Gasteiger charge is 2.44. The third-order valence-electron chi connectivity index (χ3n) is 2.90. The summed E-state index contributed by atoms with van der Waals surface area (Å²) < 4.78 is 40.4. The lowest BCUT2D eigenvalue weighted by Crippen LogP contribution is -2.52. The Bertz CT molecular complexity index is 270. The normalized spacial score (nSPS) is 30.6. The molecule has 1 saturated carbocycles. The van der Waals surface area contributed by atoms with E-state index in [4.69, 9.17) is 10.5 Å². The van der Waals surface area contributed by atoms with Crippen molar-refractivity contribution in [2.45, 2.75) is 37.1 Å². The van der Waals surface area contributed by atoms with Crippen LogP contribution in [-0.2, 0) is 9.53 Å². The Morgan fingerprint density at radius 3 is 2.62 bits per heavy atom. The summed E-state index contributed by atoms with van der Waals surface area (Å²) in [6, 6.07) is 0. The number of likely N-dealkylation sites (N-methyl/N-ethyl adjacent to an activating group) is 1. The van der Waals surface area contributed by atoms with E-state index in [2.05, 4.69) is 5.32 Å². The Labute approximate surface area is 91.3 Å². The lowest BCUT2D eigenvalue weighted by atomic mass is 9.97. The number of nitrogens with one attached hydrogen (secondary N) is 1. The standard InChI is InChI=1S/C9H15F3N2O2/c1-14-8(7(13)15)3-2-6(4-8)16-5-9(10,11)12/h6,14H,2-5H2,1H3,(H2,13,15). The molecule has 2 unspecified atom stereocenters. The number of carbonyl (C=O) groups excluding carboxylic acids is 1. The molecule has 0 aromatic rings. The zero-order valence-electron chi connectivity index (χ0n) is 8.93. The summed E-state index contributed by atoms with van der Waals surface area (Å²) in [7, 11) is 1.57. The van der Waals surface area contributed by atoms with Gasteiger partial charge in [0.1, 0.15) is 6.61 Å². The zero-order valence-corrected chi connectivity index (χ0v) is 8.93. The quantitative estimate of drug-likeness (QED) is 0.754. The van der Waals surface area contributed by atoms with E-state index in [1.807, 2.05) is 0 Å². The van der Waals surface area contributed by atoms with Gasteiger partial charge >= 0.3 is 6.18 Å². The Morgan fingerprint density at radius 2 is 2.25 bits per heavy atom. The van der Waals surface area contributed by atoms with E-state index in [1.165, 1.54) is 0 Å². The van der Waals surface area contributed by atoms with Gasteiger partial charge in [-0.3, -0.25) is 4.79 Å². The van der Waals surface area contributed by atoms with E-state index in [0.29, 0.717) is 12.8 Å². The van der Waals surface area contributed by atoms with E-state index >= 15 is 0 Å². The van der Waals surface area contributed by atoms with Gasteiger partial charge < -0.3 is 15.8 Å². The number of hydrogen-bond acceptors (Lipinski definition) is 3. The lowest BCUT2D eigenvalue weighted by Gasteiger charge is -2.24. The van der Waals surface area contributed by atoms with Crippen molar-refractivity contribution in [1.82, 2.24) is 5.32 Å². The SMILES string of the molecule is CNC1(C(N)=O)CCC(OCC(F)(F)F)C1. The first kappa shape index (κ1) is 13.2. The maximum Gasteiger partial charge on any atom is 0.411 e. The maximum absolute atomic E-state index is 11.9. The predicted molar refractivity (Wildman–Crippen MR) is 50.6 cm³/mol. The second-order valence-electron chi connectivity index (χ2n) is 3.99. The molecular weight excluding hydrogens is 225 g/mol. The number of alkyl halides is 3. The molecule has 1 aliphatic rings. The molecule has 0 radical (unpaired) electrons. The predicted octanol–water partition coefficient (Wildman–Crippen LogP) is 0.561. The fraction of sp³-hybridized carbons (Fsp3) is 0.889. The van der Waals surface area contributed by atoms with Crippen LogP contribution < -0.4 is 11.1 Å².